The van der Waals surface area contributed by atoms with E-state index in [1.807, 2.05) is 12.1 Å². The van der Waals surface area contributed by atoms with Gasteiger partial charge in [0, 0.05) is 11.9 Å². The summed E-state index contributed by atoms with van der Waals surface area (Å²) in [6, 6.07) is 12.6. The predicted molar refractivity (Wildman–Crippen MR) is 104 cm³/mol. The molecule has 4 rings (SSSR count). The lowest BCUT2D eigenvalue weighted by atomic mass is 9.79. The third kappa shape index (κ3) is 3.63. The van der Waals surface area contributed by atoms with Crippen LogP contribution in [0.4, 0.5) is 0 Å². The summed E-state index contributed by atoms with van der Waals surface area (Å²) in [5.41, 5.74) is 1.37. The normalized spacial score (nSPS) is 19.5. The lowest BCUT2D eigenvalue weighted by Gasteiger charge is -2.34. The minimum absolute atomic E-state index is 0.0928. The van der Waals surface area contributed by atoms with E-state index in [1.165, 1.54) is 0 Å². The number of benzene rings is 2. The SMILES string of the molecule is COc1ccc2c(c1)CCCC2(O)CNS(=O)(=O)Cc1noc2ccccc12. The highest BCUT2D eigenvalue weighted by Gasteiger charge is 2.35. The van der Waals surface area contributed by atoms with E-state index in [-0.39, 0.29) is 12.3 Å². The lowest BCUT2D eigenvalue weighted by molar-refractivity contribution is 0.0242. The first-order valence-corrected chi connectivity index (χ1v) is 10.8. The molecule has 0 saturated carbocycles. The summed E-state index contributed by atoms with van der Waals surface area (Å²) in [4.78, 5) is 0. The third-order valence-electron chi connectivity index (χ3n) is 5.21. The Bertz CT molecular complexity index is 1110. The van der Waals surface area contributed by atoms with Gasteiger partial charge in [-0.2, -0.15) is 0 Å². The van der Waals surface area contributed by atoms with Gasteiger partial charge >= 0.3 is 0 Å². The number of ether oxygens (including phenoxy) is 1. The van der Waals surface area contributed by atoms with Crippen LogP contribution >= 0.6 is 0 Å². The molecule has 1 aliphatic carbocycles. The Morgan fingerprint density at radius 3 is 2.93 bits per heavy atom. The Morgan fingerprint density at radius 2 is 2.11 bits per heavy atom. The van der Waals surface area contributed by atoms with Gasteiger partial charge in [-0.05, 0) is 54.7 Å². The van der Waals surface area contributed by atoms with E-state index in [4.69, 9.17) is 9.26 Å². The van der Waals surface area contributed by atoms with Gasteiger partial charge < -0.3 is 14.4 Å². The molecule has 0 amide bonds. The molecule has 28 heavy (non-hydrogen) atoms. The van der Waals surface area contributed by atoms with Gasteiger partial charge in [-0.25, -0.2) is 13.1 Å². The Hall–Kier alpha value is -2.42. The average Bonchev–Trinajstić information content (AvgIpc) is 3.09. The van der Waals surface area contributed by atoms with Crippen molar-refractivity contribution in [2.75, 3.05) is 13.7 Å². The molecule has 1 unspecified atom stereocenters. The van der Waals surface area contributed by atoms with Gasteiger partial charge in [0.1, 0.15) is 22.8 Å². The first-order chi connectivity index (χ1) is 13.4. The fourth-order valence-corrected chi connectivity index (χ4v) is 4.88. The van der Waals surface area contributed by atoms with Gasteiger partial charge in [-0.3, -0.25) is 0 Å². The average molecular weight is 402 g/mol. The van der Waals surface area contributed by atoms with Gasteiger partial charge in [0.15, 0.2) is 5.58 Å². The van der Waals surface area contributed by atoms with Crippen molar-refractivity contribution in [3.63, 3.8) is 0 Å². The molecule has 7 nitrogen and oxygen atoms in total. The van der Waals surface area contributed by atoms with E-state index in [0.717, 1.165) is 29.7 Å². The number of hydrogen-bond acceptors (Lipinski definition) is 6. The van der Waals surface area contributed by atoms with Crippen molar-refractivity contribution in [1.82, 2.24) is 9.88 Å². The van der Waals surface area contributed by atoms with Crippen molar-refractivity contribution in [2.45, 2.75) is 30.6 Å². The molecule has 0 saturated heterocycles. The molecule has 0 aliphatic heterocycles. The van der Waals surface area contributed by atoms with Crippen molar-refractivity contribution in [2.24, 2.45) is 0 Å². The van der Waals surface area contributed by atoms with Crippen LogP contribution < -0.4 is 9.46 Å². The minimum atomic E-state index is -3.71. The van der Waals surface area contributed by atoms with Gasteiger partial charge in [0.05, 0.1) is 7.11 Å². The number of fused-ring (bicyclic) bond motifs is 2. The second kappa shape index (κ2) is 7.20. The molecule has 8 heteroatoms. The number of aromatic nitrogens is 1. The first-order valence-electron chi connectivity index (χ1n) is 9.11. The third-order valence-corrected chi connectivity index (χ3v) is 6.45. The molecular weight excluding hydrogens is 380 g/mol. The van der Waals surface area contributed by atoms with Gasteiger partial charge in [0.2, 0.25) is 10.0 Å². The summed E-state index contributed by atoms with van der Waals surface area (Å²) < 4.78 is 38.2. The number of nitrogens with one attached hydrogen (secondary N) is 1. The fraction of sp³-hybridized carbons (Fsp3) is 0.350. The van der Waals surface area contributed by atoms with Crippen molar-refractivity contribution >= 4 is 21.0 Å². The summed E-state index contributed by atoms with van der Waals surface area (Å²) >= 11 is 0. The van der Waals surface area contributed by atoms with Crippen LogP contribution in [-0.4, -0.2) is 32.3 Å². The van der Waals surface area contributed by atoms with Gasteiger partial charge in [0.25, 0.3) is 0 Å². The van der Waals surface area contributed by atoms with Gasteiger partial charge in [-0.1, -0.05) is 23.4 Å². The minimum Gasteiger partial charge on any atom is -0.497 e. The van der Waals surface area contributed by atoms with E-state index in [0.29, 0.717) is 23.1 Å². The molecule has 148 valence electrons. The van der Waals surface area contributed by atoms with Crippen LogP contribution in [0.1, 0.15) is 29.7 Å². The zero-order valence-corrected chi connectivity index (χ0v) is 16.3. The zero-order chi connectivity index (χ0) is 19.8. The van der Waals surface area contributed by atoms with Crippen molar-refractivity contribution in [3.8, 4) is 5.75 Å². The van der Waals surface area contributed by atoms with Crippen molar-refractivity contribution in [1.29, 1.82) is 0 Å². The smallest absolute Gasteiger partial charge is 0.217 e. The van der Waals surface area contributed by atoms with E-state index in [9.17, 15) is 13.5 Å². The number of hydrogen-bond donors (Lipinski definition) is 2. The van der Waals surface area contributed by atoms with Crippen LogP contribution in [0, 0.1) is 0 Å². The monoisotopic (exact) mass is 402 g/mol. The maximum atomic E-state index is 12.6. The number of methoxy groups -OCH3 is 1. The molecule has 2 N–H and O–H groups in total. The topological polar surface area (TPSA) is 102 Å². The van der Waals surface area contributed by atoms with Crippen LogP contribution in [0.3, 0.4) is 0 Å². The molecular formula is C20H22N2O5S. The summed E-state index contributed by atoms with van der Waals surface area (Å²) in [5, 5.41) is 15.7. The van der Waals surface area contributed by atoms with Crippen molar-refractivity contribution < 1.29 is 22.8 Å². The summed E-state index contributed by atoms with van der Waals surface area (Å²) in [7, 11) is -2.11. The van der Waals surface area contributed by atoms with Crippen LogP contribution in [0.25, 0.3) is 11.0 Å². The van der Waals surface area contributed by atoms with E-state index in [1.54, 1.807) is 37.4 Å². The molecule has 0 radical (unpaired) electrons. The van der Waals surface area contributed by atoms with E-state index >= 15 is 0 Å². The number of para-hydroxylation sites is 1. The Labute approximate surface area is 163 Å². The Morgan fingerprint density at radius 1 is 1.29 bits per heavy atom. The largest absolute Gasteiger partial charge is 0.497 e. The first kappa shape index (κ1) is 18.9. The number of aliphatic hydroxyl groups is 1. The number of nitrogens with zero attached hydrogens (tertiary/aromatic N) is 1. The van der Waals surface area contributed by atoms with Crippen LogP contribution in [-0.2, 0) is 27.8 Å². The standard InChI is InChI=1S/C20H22N2O5S/c1-26-15-8-9-17-14(11-15)5-4-10-20(17,23)13-21-28(24,25)12-18-16-6-2-3-7-19(16)27-22-18/h2-3,6-9,11,21,23H,4-5,10,12-13H2,1H3. The number of sulfonamides is 1. The summed E-state index contributed by atoms with van der Waals surface area (Å²) in [6.45, 7) is -0.0928. The number of rotatable bonds is 6. The molecule has 1 aliphatic rings. The molecule has 0 fully saturated rings. The van der Waals surface area contributed by atoms with Crippen LogP contribution in [0.5, 0.6) is 5.75 Å². The van der Waals surface area contributed by atoms with E-state index in [2.05, 4.69) is 9.88 Å². The second-order valence-electron chi connectivity index (χ2n) is 7.11. The number of aryl methyl sites for hydroxylation is 1. The van der Waals surface area contributed by atoms with Crippen LogP contribution in [0.2, 0.25) is 0 Å². The highest BCUT2D eigenvalue weighted by atomic mass is 32.2. The van der Waals surface area contributed by atoms with Crippen molar-refractivity contribution in [3.05, 3.63) is 59.3 Å². The second-order valence-corrected chi connectivity index (χ2v) is 8.92. The van der Waals surface area contributed by atoms with Crippen LogP contribution in [0.15, 0.2) is 47.0 Å². The molecule has 1 atom stereocenters. The maximum Gasteiger partial charge on any atom is 0.217 e. The Balaban J connectivity index is 1.52. The summed E-state index contributed by atoms with van der Waals surface area (Å²) in [6.07, 6.45) is 2.08. The highest BCUT2D eigenvalue weighted by Crippen LogP contribution is 2.36. The van der Waals surface area contributed by atoms with E-state index < -0.39 is 15.6 Å². The molecule has 2 aromatic carbocycles. The molecule has 3 aromatic rings. The molecule has 0 spiro atoms. The quantitative estimate of drug-likeness (QED) is 0.657. The lowest BCUT2D eigenvalue weighted by Crippen LogP contribution is -2.43. The molecule has 1 aromatic heterocycles. The molecule has 0 bridgehead atoms. The maximum absolute atomic E-state index is 12.6. The Kier molecular flexibility index (Phi) is 4.86. The highest BCUT2D eigenvalue weighted by molar-refractivity contribution is 7.88. The molecule has 1 heterocycles. The van der Waals surface area contributed by atoms with Gasteiger partial charge in [-0.15, -0.1) is 0 Å². The summed E-state index contributed by atoms with van der Waals surface area (Å²) in [5.74, 6) is 0.414. The predicted octanol–water partition coefficient (Wildman–Crippen LogP) is 2.48. The fourth-order valence-electron chi connectivity index (χ4n) is 3.75. The zero-order valence-electron chi connectivity index (χ0n) is 15.5.